The van der Waals surface area contributed by atoms with Crippen molar-refractivity contribution in [1.29, 1.82) is 0 Å². The van der Waals surface area contributed by atoms with Crippen LogP contribution in [0.5, 0.6) is 0 Å². The van der Waals surface area contributed by atoms with E-state index in [9.17, 15) is 0 Å². The molecule has 96 valence electrons. The lowest BCUT2D eigenvalue weighted by atomic mass is 10.3. The van der Waals surface area contributed by atoms with Crippen LogP contribution in [0.3, 0.4) is 0 Å². The van der Waals surface area contributed by atoms with Gasteiger partial charge in [-0.2, -0.15) is 0 Å². The standard InChI is InChI=1S/C14H20N4/c1-3-7-15-10-14-16-8-9-18(14)11-13-6-4-5-12(2)17-13/h4-6,8-9,15H,3,7,10-11H2,1-2H3. The molecule has 0 saturated heterocycles. The fraction of sp³-hybridized carbons (Fsp3) is 0.429. The quantitative estimate of drug-likeness (QED) is 0.792. The van der Waals surface area contributed by atoms with Crippen LogP contribution in [0.4, 0.5) is 0 Å². The molecule has 0 aliphatic heterocycles. The van der Waals surface area contributed by atoms with Gasteiger partial charge in [-0.3, -0.25) is 4.98 Å². The first-order chi connectivity index (χ1) is 8.79. The first-order valence-electron chi connectivity index (χ1n) is 6.43. The monoisotopic (exact) mass is 244 g/mol. The predicted molar refractivity (Wildman–Crippen MR) is 72.3 cm³/mol. The predicted octanol–water partition coefficient (Wildman–Crippen LogP) is 2.13. The number of hydrogen-bond acceptors (Lipinski definition) is 3. The Morgan fingerprint density at radius 1 is 1.33 bits per heavy atom. The zero-order valence-corrected chi connectivity index (χ0v) is 11.1. The lowest BCUT2D eigenvalue weighted by molar-refractivity contribution is 0.612. The number of pyridine rings is 1. The highest BCUT2D eigenvalue weighted by atomic mass is 15.1. The molecule has 18 heavy (non-hydrogen) atoms. The summed E-state index contributed by atoms with van der Waals surface area (Å²) in [6.45, 7) is 6.80. The molecule has 4 nitrogen and oxygen atoms in total. The maximum Gasteiger partial charge on any atom is 0.123 e. The second kappa shape index (κ2) is 6.31. The molecule has 2 aromatic rings. The number of hydrogen-bond donors (Lipinski definition) is 1. The van der Waals surface area contributed by atoms with Crippen LogP contribution in [0.25, 0.3) is 0 Å². The smallest absolute Gasteiger partial charge is 0.123 e. The molecule has 0 saturated carbocycles. The fourth-order valence-corrected chi connectivity index (χ4v) is 1.89. The van der Waals surface area contributed by atoms with Crippen molar-refractivity contribution >= 4 is 0 Å². The van der Waals surface area contributed by atoms with Crippen LogP contribution in [0.2, 0.25) is 0 Å². The molecule has 4 heteroatoms. The molecule has 0 aliphatic carbocycles. The molecule has 0 bridgehead atoms. The molecular formula is C14H20N4. The summed E-state index contributed by atoms with van der Waals surface area (Å²) in [4.78, 5) is 8.90. The highest BCUT2D eigenvalue weighted by Gasteiger charge is 2.03. The SMILES string of the molecule is CCCNCc1nccn1Cc1cccc(C)n1. The molecule has 2 rings (SSSR count). The second-order valence-electron chi connectivity index (χ2n) is 4.42. The van der Waals surface area contributed by atoms with Gasteiger partial charge in [0.05, 0.1) is 18.8 Å². The largest absolute Gasteiger partial charge is 0.328 e. The number of imidazole rings is 1. The Balaban J connectivity index is 2.03. The highest BCUT2D eigenvalue weighted by Crippen LogP contribution is 2.04. The molecule has 0 radical (unpaired) electrons. The Bertz CT molecular complexity index is 490. The molecule has 0 fully saturated rings. The summed E-state index contributed by atoms with van der Waals surface area (Å²) >= 11 is 0. The van der Waals surface area contributed by atoms with Crippen molar-refractivity contribution in [3.8, 4) is 0 Å². The Hall–Kier alpha value is -1.68. The van der Waals surface area contributed by atoms with Crippen LogP contribution >= 0.6 is 0 Å². The van der Waals surface area contributed by atoms with E-state index in [1.807, 2.05) is 31.5 Å². The average Bonchev–Trinajstić information content (AvgIpc) is 2.77. The third-order valence-electron chi connectivity index (χ3n) is 2.79. The second-order valence-corrected chi connectivity index (χ2v) is 4.42. The normalized spacial score (nSPS) is 10.8. The highest BCUT2D eigenvalue weighted by molar-refractivity contribution is 5.11. The van der Waals surface area contributed by atoms with Crippen LogP contribution < -0.4 is 5.32 Å². The lowest BCUT2D eigenvalue weighted by Crippen LogP contribution is -2.18. The summed E-state index contributed by atoms with van der Waals surface area (Å²) in [7, 11) is 0. The van der Waals surface area contributed by atoms with Crippen molar-refractivity contribution in [3.05, 3.63) is 47.8 Å². The number of rotatable bonds is 6. The van der Waals surface area contributed by atoms with E-state index in [4.69, 9.17) is 0 Å². The number of aromatic nitrogens is 3. The van der Waals surface area contributed by atoms with Crippen molar-refractivity contribution < 1.29 is 0 Å². The average molecular weight is 244 g/mol. The van der Waals surface area contributed by atoms with Crippen LogP contribution in [-0.2, 0) is 13.1 Å². The third kappa shape index (κ3) is 3.40. The van der Waals surface area contributed by atoms with Gasteiger partial charge in [0, 0.05) is 18.1 Å². The molecule has 0 aromatic carbocycles. The molecule has 0 amide bonds. The van der Waals surface area contributed by atoms with Gasteiger partial charge in [-0.25, -0.2) is 4.98 Å². The summed E-state index contributed by atoms with van der Waals surface area (Å²) in [6, 6.07) is 6.11. The van der Waals surface area contributed by atoms with E-state index < -0.39 is 0 Å². The number of nitrogens with zero attached hydrogens (tertiary/aromatic N) is 3. The van der Waals surface area contributed by atoms with Crippen molar-refractivity contribution in [2.24, 2.45) is 0 Å². The van der Waals surface area contributed by atoms with E-state index in [0.29, 0.717) is 0 Å². The molecule has 0 aliphatic rings. The van der Waals surface area contributed by atoms with Crippen molar-refractivity contribution in [3.63, 3.8) is 0 Å². The van der Waals surface area contributed by atoms with Crippen molar-refractivity contribution in [2.75, 3.05) is 6.54 Å². The summed E-state index contributed by atoms with van der Waals surface area (Å²) in [5, 5.41) is 3.37. The Morgan fingerprint density at radius 3 is 3.00 bits per heavy atom. The van der Waals surface area contributed by atoms with Gasteiger partial charge >= 0.3 is 0 Å². The molecule has 0 spiro atoms. The summed E-state index contributed by atoms with van der Waals surface area (Å²) in [6.07, 6.45) is 4.99. The summed E-state index contributed by atoms with van der Waals surface area (Å²) in [5.74, 6) is 1.06. The van der Waals surface area contributed by atoms with E-state index in [1.54, 1.807) is 0 Å². The lowest BCUT2D eigenvalue weighted by Gasteiger charge is -2.08. The number of nitrogens with one attached hydrogen (secondary N) is 1. The first-order valence-corrected chi connectivity index (χ1v) is 6.43. The van der Waals surface area contributed by atoms with Gasteiger partial charge in [0.25, 0.3) is 0 Å². The minimum Gasteiger partial charge on any atom is -0.328 e. The van der Waals surface area contributed by atoms with Crippen LogP contribution in [0.1, 0.15) is 30.6 Å². The molecular weight excluding hydrogens is 224 g/mol. The van der Waals surface area contributed by atoms with Crippen LogP contribution in [-0.4, -0.2) is 21.1 Å². The van der Waals surface area contributed by atoms with E-state index in [-0.39, 0.29) is 0 Å². The van der Waals surface area contributed by atoms with Gasteiger partial charge in [0.1, 0.15) is 5.82 Å². The maximum absolute atomic E-state index is 4.52. The molecule has 2 aromatic heterocycles. The summed E-state index contributed by atoms with van der Waals surface area (Å²) in [5.41, 5.74) is 2.13. The third-order valence-corrected chi connectivity index (χ3v) is 2.79. The zero-order valence-electron chi connectivity index (χ0n) is 11.1. The van der Waals surface area contributed by atoms with Gasteiger partial charge in [-0.15, -0.1) is 0 Å². The van der Waals surface area contributed by atoms with E-state index >= 15 is 0 Å². The first kappa shape index (κ1) is 12.8. The minimum absolute atomic E-state index is 0.783. The minimum atomic E-state index is 0.783. The van der Waals surface area contributed by atoms with Gasteiger partial charge in [0.15, 0.2) is 0 Å². The zero-order chi connectivity index (χ0) is 12.8. The Kier molecular flexibility index (Phi) is 4.47. The van der Waals surface area contributed by atoms with Crippen molar-refractivity contribution in [2.45, 2.75) is 33.4 Å². The van der Waals surface area contributed by atoms with Crippen molar-refractivity contribution in [1.82, 2.24) is 19.9 Å². The van der Waals surface area contributed by atoms with Gasteiger partial charge in [0.2, 0.25) is 0 Å². The fourth-order valence-electron chi connectivity index (χ4n) is 1.89. The van der Waals surface area contributed by atoms with E-state index in [1.165, 1.54) is 0 Å². The topological polar surface area (TPSA) is 42.7 Å². The Labute approximate surface area is 108 Å². The van der Waals surface area contributed by atoms with E-state index in [2.05, 4.69) is 32.8 Å². The Morgan fingerprint density at radius 2 is 2.22 bits per heavy atom. The van der Waals surface area contributed by atoms with Crippen LogP contribution in [0, 0.1) is 6.92 Å². The van der Waals surface area contributed by atoms with E-state index in [0.717, 1.165) is 43.3 Å². The molecule has 0 atom stereocenters. The molecule has 2 heterocycles. The number of aryl methyl sites for hydroxylation is 1. The molecule has 1 N–H and O–H groups in total. The van der Waals surface area contributed by atoms with Gasteiger partial charge < -0.3 is 9.88 Å². The maximum atomic E-state index is 4.52. The van der Waals surface area contributed by atoms with Gasteiger partial charge in [-0.1, -0.05) is 13.0 Å². The molecule has 0 unspecified atom stereocenters. The summed E-state index contributed by atoms with van der Waals surface area (Å²) < 4.78 is 2.14. The van der Waals surface area contributed by atoms with Crippen LogP contribution in [0.15, 0.2) is 30.6 Å². The van der Waals surface area contributed by atoms with Gasteiger partial charge in [-0.05, 0) is 32.0 Å².